The summed E-state index contributed by atoms with van der Waals surface area (Å²) in [7, 11) is 0.267. The Bertz CT molecular complexity index is 579. The number of aromatic nitrogens is 2. The molecule has 2 rings (SSSR count). The van der Waals surface area contributed by atoms with E-state index in [0.717, 1.165) is 0 Å². The Morgan fingerprint density at radius 1 is 1.48 bits per heavy atom. The molecule has 1 saturated carbocycles. The molecule has 1 aliphatic rings. The zero-order chi connectivity index (χ0) is 15.6. The fraction of sp³-hybridized carbons (Fsp3) is 0.769. The molecule has 120 valence electrons. The maximum absolute atomic E-state index is 12.5. The van der Waals surface area contributed by atoms with Gasteiger partial charge in [-0.2, -0.15) is 5.10 Å². The SMILES string of the molecule is CNCc1n[nH]c(C)c1S(=O)(=O)NCC(C)N(C)C1CC1. The van der Waals surface area contributed by atoms with Crippen molar-refractivity contribution in [1.82, 2.24) is 25.1 Å². The van der Waals surface area contributed by atoms with Gasteiger partial charge in [-0.3, -0.25) is 10.00 Å². The molecule has 8 heteroatoms. The van der Waals surface area contributed by atoms with E-state index in [2.05, 4.69) is 25.1 Å². The zero-order valence-electron chi connectivity index (χ0n) is 13.1. The van der Waals surface area contributed by atoms with E-state index < -0.39 is 10.0 Å². The van der Waals surface area contributed by atoms with Gasteiger partial charge in [0.05, 0.1) is 11.4 Å². The van der Waals surface area contributed by atoms with Gasteiger partial charge in [0, 0.05) is 25.2 Å². The first-order chi connectivity index (χ1) is 9.86. The molecule has 1 unspecified atom stereocenters. The highest BCUT2D eigenvalue weighted by Gasteiger charge is 2.30. The number of hydrogen-bond acceptors (Lipinski definition) is 5. The fourth-order valence-electron chi connectivity index (χ4n) is 2.40. The molecule has 0 spiro atoms. The van der Waals surface area contributed by atoms with Crippen LogP contribution >= 0.6 is 0 Å². The molecule has 3 N–H and O–H groups in total. The third-order valence-electron chi connectivity index (χ3n) is 3.96. The van der Waals surface area contributed by atoms with Crippen LogP contribution in [0.3, 0.4) is 0 Å². The number of aryl methyl sites for hydroxylation is 1. The molecular formula is C13H25N5O2S. The summed E-state index contributed by atoms with van der Waals surface area (Å²) in [5.41, 5.74) is 1.08. The monoisotopic (exact) mass is 315 g/mol. The van der Waals surface area contributed by atoms with Gasteiger partial charge in [-0.05, 0) is 40.8 Å². The molecule has 21 heavy (non-hydrogen) atoms. The van der Waals surface area contributed by atoms with Crippen LogP contribution in [0.15, 0.2) is 4.90 Å². The second-order valence-electron chi connectivity index (χ2n) is 5.75. The molecule has 7 nitrogen and oxygen atoms in total. The molecule has 1 aliphatic carbocycles. The van der Waals surface area contributed by atoms with Crippen molar-refractivity contribution in [2.75, 3.05) is 20.6 Å². The number of rotatable bonds is 8. The van der Waals surface area contributed by atoms with Gasteiger partial charge in [0.15, 0.2) is 0 Å². The Labute approximate surface area is 126 Å². The van der Waals surface area contributed by atoms with E-state index in [1.54, 1.807) is 14.0 Å². The summed E-state index contributed by atoms with van der Waals surface area (Å²) in [5.74, 6) is 0. The van der Waals surface area contributed by atoms with Crippen LogP contribution in [0.2, 0.25) is 0 Å². The molecule has 0 aliphatic heterocycles. The summed E-state index contributed by atoms with van der Waals surface area (Å²) in [6, 6.07) is 0.784. The van der Waals surface area contributed by atoms with E-state index in [-0.39, 0.29) is 10.9 Å². The van der Waals surface area contributed by atoms with Crippen molar-refractivity contribution in [1.29, 1.82) is 0 Å². The van der Waals surface area contributed by atoms with E-state index in [1.165, 1.54) is 12.8 Å². The highest BCUT2D eigenvalue weighted by Crippen LogP contribution is 2.27. The average molecular weight is 315 g/mol. The van der Waals surface area contributed by atoms with Gasteiger partial charge in [-0.1, -0.05) is 0 Å². The smallest absolute Gasteiger partial charge is 0.244 e. The number of sulfonamides is 1. The minimum atomic E-state index is -3.54. The quantitative estimate of drug-likeness (QED) is 0.637. The van der Waals surface area contributed by atoms with E-state index in [9.17, 15) is 8.42 Å². The molecule has 1 heterocycles. The fourth-order valence-corrected chi connectivity index (χ4v) is 3.88. The lowest BCUT2D eigenvalue weighted by atomic mass is 10.3. The van der Waals surface area contributed by atoms with Crippen molar-refractivity contribution >= 4 is 10.0 Å². The Kier molecular flexibility index (Phi) is 5.03. The van der Waals surface area contributed by atoms with Crippen molar-refractivity contribution in [3.8, 4) is 0 Å². The largest absolute Gasteiger partial charge is 0.314 e. The molecule has 0 bridgehead atoms. The van der Waals surface area contributed by atoms with E-state index in [4.69, 9.17) is 0 Å². The Morgan fingerprint density at radius 3 is 2.71 bits per heavy atom. The first-order valence-electron chi connectivity index (χ1n) is 7.27. The van der Waals surface area contributed by atoms with Crippen LogP contribution in [-0.4, -0.2) is 56.2 Å². The van der Waals surface area contributed by atoms with E-state index in [1.807, 2.05) is 14.0 Å². The summed E-state index contributed by atoms with van der Waals surface area (Å²) >= 11 is 0. The number of nitrogens with zero attached hydrogens (tertiary/aromatic N) is 2. The van der Waals surface area contributed by atoms with Gasteiger partial charge in [-0.25, -0.2) is 13.1 Å². The number of nitrogens with one attached hydrogen (secondary N) is 3. The standard InChI is InChI=1S/C13H25N5O2S/c1-9(18(4)11-5-6-11)7-15-21(19,20)13-10(2)16-17-12(13)8-14-3/h9,11,14-15H,5-8H2,1-4H3,(H,16,17). The molecule has 0 amide bonds. The van der Waals surface area contributed by atoms with Crippen LogP contribution in [0, 0.1) is 6.92 Å². The summed E-state index contributed by atoms with van der Waals surface area (Å²) < 4.78 is 27.7. The van der Waals surface area contributed by atoms with Crippen LogP contribution in [-0.2, 0) is 16.6 Å². The molecular weight excluding hydrogens is 290 g/mol. The van der Waals surface area contributed by atoms with Crippen molar-refractivity contribution in [3.63, 3.8) is 0 Å². The van der Waals surface area contributed by atoms with Gasteiger partial charge < -0.3 is 5.32 Å². The Hall–Kier alpha value is -0.960. The third-order valence-corrected chi connectivity index (χ3v) is 5.59. The lowest BCUT2D eigenvalue weighted by Gasteiger charge is -2.24. The molecule has 0 radical (unpaired) electrons. The summed E-state index contributed by atoms with van der Waals surface area (Å²) in [6.45, 7) is 4.58. The van der Waals surface area contributed by atoms with Gasteiger partial charge >= 0.3 is 0 Å². The predicted molar refractivity (Wildman–Crippen MR) is 81.5 cm³/mol. The second kappa shape index (κ2) is 6.43. The third kappa shape index (κ3) is 3.82. The minimum Gasteiger partial charge on any atom is -0.314 e. The van der Waals surface area contributed by atoms with Crippen LogP contribution < -0.4 is 10.0 Å². The van der Waals surface area contributed by atoms with Crippen molar-refractivity contribution in [2.45, 2.75) is 50.2 Å². The maximum atomic E-state index is 12.5. The lowest BCUT2D eigenvalue weighted by molar-refractivity contribution is 0.248. The van der Waals surface area contributed by atoms with Gasteiger partial charge in [0.1, 0.15) is 4.90 Å². The number of aromatic amines is 1. The lowest BCUT2D eigenvalue weighted by Crippen LogP contribution is -2.41. The maximum Gasteiger partial charge on any atom is 0.244 e. The van der Waals surface area contributed by atoms with Crippen molar-refractivity contribution < 1.29 is 8.42 Å². The van der Waals surface area contributed by atoms with Gasteiger partial charge in [-0.15, -0.1) is 0 Å². The highest BCUT2D eigenvalue weighted by molar-refractivity contribution is 7.89. The molecule has 0 aromatic carbocycles. The van der Waals surface area contributed by atoms with Crippen LogP contribution in [0.25, 0.3) is 0 Å². The number of H-pyrrole nitrogens is 1. The zero-order valence-corrected chi connectivity index (χ0v) is 13.9. The van der Waals surface area contributed by atoms with Gasteiger partial charge in [0.2, 0.25) is 10.0 Å². The van der Waals surface area contributed by atoms with Crippen molar-refractivity contribution in [3.05, 3.63) is 11.4 Å². The highest BCUT2D eigenvalue weighted by atomic mass is 32.2. The predicted octanol–water partition coefficient (Wildman–Crippen LogP) is 0.199. The summed E-state index contributed by atoms with van der Waals surface area (Å²) in [5, 5.41) is 9.74. The molecule has 1 aromatic heterocycles. The Morgan fingerprint density at radius 2 is 2.14 bits per heavy atom. The number of hydrogen-bond donors (Lipinski definition) is 3. The Balaban J connectivity index is 2.06. The first-order valence-corrected chi connectivity index (χ1v) is 8.75. The minimum absolute atomic E-state index is 0.173. The molecule has 1 atom stereocenters. The van der Waals surface area contributed by atoms with Crippen LogP contribution in [0.5, 0.6) is 0 Å². The second-order valence-corrected chi connectivity index (χ2v) is 7.46. The molecule has 1 fully saturated rings. The number of likely N-dealkylation sites (N-methyl/N-ethyl adjacent to an activating group) is 1. The van der Waals surface area contributed by atoms with Gasteiger partial charge in [0.25, 0.3) is 0 Å². The van der Waals surface area contributed by atoms with E-state index >= 15 is 0 Å². The first kappa shape index (κ1) is 16.4. The average Bonchev–Trinajstić information content (AvgIpc) is 3.20. The molecule has 1 aromatic rings. The topological polar surface area (TPSA) is 90.1 Å². The van der Waals surface area contributed by atoms with Crippen molar-refractivity contribution in [2.24, 2.45) is 0 Å². The normalized spacial score (nSPS) is 17.4. The molecule has 0 saturated heterocycles. The summed E-state index contributed by atoms with van der Waals surface area (Å²) in [6.07, 6.45) is 2.42. The summed E-state index contributed by atoms with van der Waals surface area (Å²) in [4.78, 5) is 2.50. The van der Waals surface area contributed by atoms with Crippen LogP contribution in [0.1, 0.15) is 31.2 Å². The van der Waals surface area contributed by atoms with E-state index in [0.29, 0.717) is 30.5 Å². The van der Waals surface area contributed by atoms with Crippen LogP contribution in [0.4, 0.5) is 0 Å².